The molecule has 0 saturated heterocycles. The second-order valence-electron chi connectivity index (χ2n) is 1.59. The summed E-state index contributed by atoms with van der Waals surface area (Å²) in [6.45, 7) is 0. The summed E-state index contributed by atoms with van der Waals surface area (Å²) in [6.07, 6.45) is 6.34. The quantitative estimate of drug-likeness (QED) is 0.478. The fraction of sp³-hybridized carbons (Fsp3) is 0. The number of hydrogen-bond donors (Lipinski definition) is 1. The third kappa shape index (κ3) is 0.910. The van der Waals surface area contributed by atoms with Crippen LogP contribution in [0.15, 0.2) is 24.3 Å². The maximum absolute atomic E-state index is 8.41. The van der Waals surface area contributed by atoms with Gasteiger partial charge in [-0.25, -0.2) is 4.90 Å². The summed E-state index contributed by atoms with van der Waals surface area (Å²) in [5.74, 6) is 0. The molecule has 0 aromatic carbocycles. The smallest absolute Gasteiger partial charge is 0.189 e. The highest BCUT2D eigenvalue weighted by Crippen LogP contribution is 2.03. The average molecular weight is 132 g/mol. The van der Waals surface area contributed by atoms with Crippen LogP contribution in [0.4, 0.5) is 0 Å². The van der Waals surface area contributed by atoms with Crippen LogP contribution in [0, 0.1) is 22.8 Å². The molecule has 0 aliphatic carbocycles. The third-order valence-electron chi connectivity index (χ3n) is 1.02. The molecule has 0 aromatic heterocycles. The lowest BCUT2D eigenvalue weighted by atomic mass is 10.4. The molecule has 1 N–H and O–H groups in total. The summed E-state index contributed by atoms with van der Waals surface area (Å²) in [6, 6.07) is 1.86. The predicted octanol–water partition coefficient (Wildman–Crippen LogP) is 0.209. The van der Waals surface area contributed by atoms with Crippen molar-refractivity contribution in [3.05, 3.63) is 24.3 Å². The Morgan fingerprint density at radius 3 is 2.80 bits per heavy atom. The molecule has 1 aliphatic rings. The zero-order chi connectivity index (χ0) is 7.40. The SMILES string of the molecule is N#CC1=CNC=CN1C#N. The van der Waals surface area contributed by atoms with E-state index in [2.05, 4.69) is 5.32 Å². The van der Waals surface area contributed by atoms with Crippen molar-refractivity contribution in [3.63, 3.8) is 0 Å². The van der Waals surface area contributed by atoms with Crippen molar-refractivity contribution in [3.8, 4) is 12.3 Å². The monoisotopic (exact) mass is 132 g/mol. The molecule has 0 saturated carbocycles. The molecule has 1 heterocycles. The molecule has 1 rings (SSSR count). The number of hydrogen-bond acceptors (Lipinski definition) is 4. The van der Waals surface area contributed by atoms with Crippen LogP contribution in [0.1, 0.15) is 0 Å². The molecule has 1 aliphatic heterocycles. The normalized spacial score (nSPS) is 14.6. The van der Waals surface area contributed by atoms with E-state index in [1.807, 2.05) is 12.3 Å². The van der Waals surface area contributed by atoms with E-state index in [1.54, 1.807) is 6.20 Å². The second kappa shape index (κ2) is 2.56. The average Bonchev–Trinajstić information content (AvgIpc) is 2.04. The van der Waals surface area contributed by atoms with Crippen LogP contribution in [-0.2, 0) is 0 Å². The first-order chi connectivity index (χ1) is 4.88. The van der Waals surface area contributed by atoms with E-state index in [-0.39, 0.29) is 0 Å². The number of rotatable bonds is 0. The van der Waals surface area contributed by atoms with Crippen molar-refractivity contribution in [1.82, 2.24) is 10.2 Å². The van der Waals surface area contributed by atoms with Gasteiger partial charge in [-0.3, -0.25) is 0 Å². The van der Waals surface area contributed by atoms with Gasteiger partial charge in [0.25, 0.3) is 0 Å². The second-order valence-corrected chi connectivity index (χ2v) is 1.59. The van der Waals surface area contributed by atoms with E-state index in [1.165, 1.54) is 17.3 Å². The molecular formula is C6H4N4. The predicted molar refractivity (Wildman–Crippen MR) is 33.4 cm³/mol. The Morgan fingerprint density at radius 2 is 2.30 bits per heavy atom. The van der Waals surface area contributed by atoms with Crippen molar-refractivity contribution < 1.29 is 0 Å². The summed E-state index contributed by atoms with van der Waals surface area (Å²) in [4.78, 5) is 1.18. The molecule has 0 amide bonds. The minimum Gasteiger partial charge on any atom is -0.364 e. The Balaban J connectivity index is 2.84. The van der Waals surface area contributed by atoms with E-state index >= 15 is 0 Å². The molecule has 0 aromatic rings. The largest absolute Gasteiger partial charge is 0.364 e. The van der Waals surface area contributed by atoms with Gasteiger partial charge in [0.2, 0.25) is 0 Å². The lowest BCUT2D eigenvalue weighted by Gasteiger charge is -2.11. The van der Waals surface area contributed by atoms with Crippen molar-refractivity contribution in [2.75, 3.05) is 0 Å². The molecule has 0 fully saturated rings. The number of allylic oxidation sites excluding steroid dienone is 1. The lowest BCUT2D eigenvalue weighted by molar-refractivity contribution is 0.651. The van der Waals surface area contributed by atoms with E-state index < -0.39 is 0 Å². The fourth-order valence-corrected chi connectivity index (χ4v) is 0.568. The van der Waals surface area contributed by atoms with Gasteiger partial charge in [-0.15, -0.1) is 0 Å². The first kappa shape index (κ1) is 6.18. The molecule has 0 radical (unpaired) electrons. The van der Waals surface area contributed by atoms with Crippen LogP contribution in [0.25, 0.3) is 0 Å². The van der Waals surface area contributed by atoms with E-state index in [0.717, 1.165) is 0 Å². The summed E-state index contributed by atoms with van der Waals surface area (Å²) in [5, 5.41) is 19.5. The van der Waals surface area contributed by atoms with Gasteiger partial charge < -0.3 is 5.32 Å². The highest BCUT2D eigenvalue weighted by molar-refractivity contribution is 5.26. The van der Waals surface area contributed by atoms with Gasteiger partial charge in [-0.05, 0) is 0 Å². The summed E-state index contributed by atoms with van der Waals surface area (Å²) >= 11 is 0. The van der Waals surface area contributed by atoms with Gasteiger partial charge in [-0.1, -0.05) is 0 Å². The number of nitrogens with one attached hydrogen (secondary N) is 1. The zero-order valence-corrected chi connectivity index (χ0v) is 5.07. The number of nitriles is 2. The Labute approximate surface area is 58.3 Å². The van der Waals surface area contributed by atoms with Gasteiger partial charge in [0, 0.05) is 18.6 Å². The van der Waals surface area contributed by atoms with Crippen LogP contribution in [-0.4, -0.2) is 4.90 Å². The first-order valence-electron chi connectivity index (χ1n) is 2.60. The zero-order valence-electron chi connectivity index (χ0n) is 5.07. The Kier molecular flexibility index (Phi) is 1.58. The molecule has 4 heteroatoms. The van der Waals surface area contributed by atoms with Crippen molar-refractivity contribution in [2.24, 2.45) is 0 Å². The molecule has 0 unspecified atom stereocenters. The van der Waals surface area contributed by atoms with Crippen LogP contribution in [0.5, 0.6) is 0 Å². The maximum atomic E-state index is 8.41. The minimum atomic E-state index is 0.296. The Morgan fingerprint density at radius 1 is 1.50 bits per heavy atom. The Hall–Kier alpha value is -1.94. The van der Waals surface area contributed by atoms with Gasteiger partial charge in [0.05, 0.1) is 0 Å². The van der Waals surface area contributed by atoms with Crippen LogP contribution >= 0.6 is 0 Å². The molecule has 0 spiro atoms. The van der Waals surface area contributed by atoms with Crippen molar-refractivity contribution in [1.29, 1.82) is 10.5 Å². The minimum absolute atomic E-state index is 0.296. The third-order valence-corrected chi connectivity index (χ3v) is 1.02. The molecule has 0 bridgehead atoms. The van der Waals surface area contributed by atoms with E-state index in [4.69, 9.17) is 10.5 Å². The number of nitrogens with zero attached hydrogens (tertiary/aromatic N) is 3. The highest BCUT2D eigenvalue weighted by atomic mass is 15.1. The van der Waals surface area contributed by atoms with Gasteiger partial charge in [0.1, 0.15) is 11.8 Å². The highest BCUT2D eigenvalue weighted by Gasteiger charge is 2.05. The van der Waals surface area contributed by atoms with E-state index in [9.17, 15) is 0 Å². The lowest BCUT2D eigenvalue weighted by Crippen LogP contribution is -2.16. The van der Waals surface area contributed by atoms with Gasteiger partial charge in [-0.2, -0.15) is 10.5 Å². The van der Waals surface area contributed by atoms with Crippen LogP contribution in [0.3, 0.4) is 0 Å². The van der Waals surface area contributed by atoms with E-state index in [0.29, 0.717) is 5.70 Å². The maximum Gasteiger partial charge on any atom is 0.189 e. The Bertz CT molecular complexity index is 262. The molecule has 48 valence electrons. The van der Waals surface area contributed by atoms with Crippen LogP contribution < -0.4 is 5.32 Å². The topological polar surface area (TPSA) is 62.9 Å². The first-order valence-corrected chi connectivity index (χ1v) is 2.60. The van der Waals surface area contributed by atoms with Crippen LogP contribution in [0.2, 0.25) is 0 Å². The van der Waals surface area contributed by atoms with Gasteiger partial charge >= 0.3 is 0 Å². The van der Waals surface area contributed by atoms with Crippen molar-refractivity contribution in [2.45, 2.75) is 0 Å². The van der Waals surface area contributed by atoms with Crippen molar-refractivity contribution >= 4 is 0 Å². The summed E-state index contributed by atoms with van der Waals surface area (Å²) in [5.41, 5.74) is 0.296. The van der Waals surface area contributed by atoms with Gasteiger partial charge in [0.15, 0.2) is 6.19 Å². The molecule has 0 atom stereocenters. The summed E-state index contributed by atoms with van der Waals surface area (Å²) < 4.78 is 0. The molecule has 10 heavy (non-hydrogen) atoms. The fourth-order valence-electron chi connectivity index (χ4n) is 0.568. The molecule has 4 nitrogen and oxygen atoms in total. The summed E-state index contributed by atoms with van der Waals surface area (Å²) in [7, 11) is 0. The standard InChI is InChI=1S/C6H4N4/c7-3-6-4-9-1-2-10(6)5-8/h1-2,4,9H. The molecular weight excluding hydrogens is 128 g/mol.